The maximum absolute atomic E-state index is 12.1. The Morgan fingerprint density at radius 1 is 1.30 bits per heavy atom. The number of carbonyl (C=O) groups is 2. The SMILES string of the molecule is CCNC(=O)N1CCN(N(S(=O)[O-])C2(C(=O)O)CC2c2ccccc2)CC1. The summed E-state index contributed by atoms with van der Waals surface area (Å²) in [5.41, 5.74) is -0.710. The van der Waals surface area contributed by atoms with Crippen LogP contribution in [0, 0.1) is 0 Å². The summed E-state index contributed by atoms with van der Waals surface area (Å²) in [6, 6.07) is 8.88. The van der Waals surface area contributed by atoms with E-state index >= 15 is 0 Å². The minimum absolute atomic E-state index is 0.200. The van der Waals surface area contributed by atoms with E-state index in [0.29, 0.717) is 19.6 Å². The normalized spacial score (nSPS) is 26.6. The number of aliphatic carboxylic acids is 1. The number of nitrogens with one attached hydrogen (secondary N) is 1. The zero-order valence-electron chi connectivity index (χ0n) is 15.0. The molecule has 3 rings (SSSR count). The van der Waals surface area contributed by atoms with E-state index in [2.05, 4.69) is 5.32 Å². The Morgan fingerprint density at radius 2 is 1.93 bits per heavy atom. The van der Waals surface area contributed by atoms with E-state index in [1.165, 1.54) is 5.01 Å². The quantitative estimate of drug-likeness (QED) is 0.672. The number of urea groups is 1. The van der Waals surface area contributed by atoms with Gasteiger partial charge in [0.15, 0.2) is 5.54 Å². The monoisotopic (exact) mass is 395 g/mol. The van der Waals surface area contributed by atoms with E-state index in [4.69, 9.17) is 0 Å². The first-order chi connectivity index (χ1) is 12.9. The van der Waals surface area contributed by atoms with Crippen molar-refractivity contribution in [2.75, 3.05) is 32.7 Å². The maximum Gasteiger partial charge on any atom is 0.327 e. The van der Waals surface area contributed by atoms with Crippen LogP contribution in [0.1, 0.15) is 24.8 Å². The van der Waals surface area contributed by atoms with Crippen molar-refractivity contribution in [1.82, 2.24) is 19.6 Å². The van der Waals surface area contributed by atoms with Gasteiger partial charge in [-0.25, -0.2) is 9.80 Å². The molecule has 0 bridgehead atoms. The molecule has 9 nitrogen and oxygen atoms in total. The number of amides is 2. The van der Waals surface area contributed by atoms with Gasteiger partial charge in [-0.15, -0.1) is 0 Å². The van der Waals surface area contributed by atoms with Crippen molar-refractivity contribution in [3.63, 3.8) is 0 Å². The average Bonchev–Trinajstić information content (AvgIpc) is 3.40. The van der Waals surface area contributed by atoms with Crippen molar-refractivity contribution < 1.29 is 23.5 Å². The summed E-state index contributed by atoms with van der Waals surface area (Å²) in [7, 11) is 0. The first-order valence-corrected chi connectivity index (χ1v) is 9.90. The number of hydrogen-bond acceptors (Lipinski definition) is 5. The van der Waals surface area contributed by atoms with Gasteiger partial charge in [-0.2, -0.15) is 4.41 Å². The molecule has 0 aromatic heterocycles. The number of hydrazine groups is 1. The van der Waals surface area contributed by atoms with Crippen LogP contribution in [0.2, 0.25) is 0 Å². The lowest BCUT2D eigenvalue weighted by molar-refractivity contribution is -0.150. The van der Waals surface area contributed by atoms with Crippen molar-refractivity contribution >= 4 is 23.3 Å². The van der Waals surface area contributed by atoms with Gasteiger partial charge in [-0.05, 0) is 18.9 Å². The van der Waals surface area contributed by atoms with Crippen LogP contribution in [0.3, 0.4) is 0 Å². The van der Waals surface area contributed by atoms with Gasteiger partial charge < -0.3 is 19.9 Å². The van der Waals surface area contributed by atoms with E-state index in [1.54, 1.807) is 4.90 Å². The Morgan fingerprint density at radius 3 is 2.44 bits per heavy atom. The van der Waals surface area contributed by atoms with Gasteiger partial charge in [0, 0.05) is 49.9 Å². The second kappa shape index (κ2) is 7.93. The molecule has 2 fully saturated rings. The Bertz CT molecular complexity index is 725. The minimum Gasteiger partial charge on any atom is -0.759 e. The molecule has 148 valence electrons. The number of benzene rings is 1. The number of nitrogens with zero attached hydrogens (tertiary/aromatic N) is 3. The van der Waals surface area contributed by atoms with Crippen molar-refractivity contribution in [1.29, 1.82) is 0 Å². The van der Waals surface area contributed by atoms with Gasteiger partial charge in [0.2, 0.25) is 0 Å². The topological polar surface area (TPSA) is 116 Å². The van der Waals surface area contributed by atoms with E-state index < -0.39 is 28.7 Å². The smallest absolute Gasteiger partial charge is 0.327 e. The molecule has 2 amide bonds. The fourth-order valence-corrected chi connectivity index (χ4v) is 4.58. The number of piperazine rings is 1. The van der Waals surface area contributed by atoms with Gasteiger partial charge in [0.05, 0.1) is 0 Å². The molecule has 1 aromatic carbocycles. The fraction of sp³-hybridized carbons (Fsp3) is 0.529. The Kier molecular flexibility index (Phi) is 5.80. The summed E-state index contributed by atoms with van der Waals surface area (Å²) >= 11 is -2.74. The summed E-state index contributed by atoms with van der Waals surface area (Å²) < 4.78 is 25.0. The molecule has 1 saturated carbocycles. The van der Waals surface area contributed by atoms with Crippen molar-refractivity contribution in [2.45, 2.75) is 24.8 Å². The lowest BCUT2D eigenvalue weighted by Gasteiger charge is -2.44. The molecule has 3 atom stereocenters. The van der Waals surface area contributed by atoms with E-state index in [9.17, 15) is 23.5 Å². The highest BCUT2D eigenvalue weighted by molar-refractivity contribution is 7.76. The second-order valence-corrected chi connectivity index (χ2v) is 7.44. The van der Waals surface area contributed by atoms with Crippen LogP contribution in [0.5, 0.6) is 0 Å². The largest absolute Gasteiger partial charge is 0.759 e. The molecule has 2 N–H and O–H groups in total. The number of carboxylic acid groups (broad SMARTS) is 1. The van der Waals surface area contributed by atoms with E-state index in [-0.39, 0.29) is 25.5 Å². The summed E-state index contributed by atoms with van der Waals surface area (Å²) in [5.74, 6) is -1.57. The molecule has 0 radical (unpaired) electrons. The standard InChI is InChI=1S/C17H24N4O5S/c1-2-18-16(24)19-8-10-20(11-9-19)21(27(25)26)17(15(22)23)12-14(17)13-6-4-3-5-7-13/h3-7,14H,2,8-12H2,1H3,(H,18,24)(H,22,23)(H,25,26)/p-1. The van der Waals surface area contributed by atoms with Crippen LogP contribution in [0.15, 0.2) is 30.3 Å². The molecule has 27 heavy (non-hydrogen) atoms. The number of carbonyl (C=O) groups excluding carboxylic acids is 1. The Balaban J connectivity index is 1.78. The molecular formula is C17H23N4O5S-. The molecule has 1 saturated heterocycles. The molecule has 2 aliphatic rings. The molecule has 1 aromatic rings. The third kappa shape index (κ3) is 3.70. The summed E-state index contributed by atoms with van der Waals surface area (Å²) in [5, 5.41) is 14.1. The Hall–Kier alpha value is -2.01. The van der Waals surface area contributed by atoms with E-state index in [0.717, 1.165) is 9.98 Å². The predicted molar refractivity (Wildman–Crippen MR) is 97.1 cm³/mol. The number of carboxylic acids is 1. The third-order valence-electron chi connectivity index (χ3n) is 5.11. The minimum atomic E-state index is -2.74. The summed E-state index contributed by atoms with van der Waals surface area (Å²) in [6.45, 7) is 3.49. The number of hydrogen-bond donors (Lipinski definition) is 2. The van der Waals surface area contributed by atoms with Gasteiger partial charge in [-0.3, -0.25) is 9.00 Å². The molecule has 3 unspecified atom stereocenters. The first kappa shape index (κ1) is 19.7. The van der Waals surface area contributed by atoms with Crippen molar-refractivity contribution in [3.05, 3.63) is 35.9 Å². The Labute approximate surface area is 160 Å². The van der Waals surface area contributed by atoms with Gasteiger partial charge in [-0.1, -0.05) is 30.3 Å². The van der Waals surface area contributed by atoms with Crippen LogP contribution in [-0.2, 0) is 16.1 Å². The van der Waals surface area contributed by atoms with Gasteiger partial charge in [0.25, 0.3) is 0 Å². The van der Waals surface area contributed by atoms with Crippen LogP contribution in [-0.4, -0.2) is 78.5 Å². The van der Waals surface area contributed by atoms with Gasteiger partial charge >= 0.3 is 12.0 Å². The molecular weight excluding hydrogens is 372 g/mol. The lowest BCUT2D eigenvalue weighted by atomic mass is 10.1. The maximum atomic E-state index is 12.1. The van der Waals surface area contributed by atoms with Crippen LogP contribution < -0.4 is 5.32 Å². The molecule has 1 aliphatic heterocycles. The van der Waals surface area contributed by atoms with E-state index in [1.807, 2.05) is 37.3 Å². The van der Waals surface area contributed by atoms with Crippen LogP contribution >= 0.6 is 0 Å². The fourth-order valence-electron chi connectivity index (χ4n) is 3.68. The van der Waals surface area contributed by atoms with Crippen molar-refractivity contribution in [2.24, 2.45) is 0 Å². The third-order valence-corrected chi connectivity index (χ3v) is 5.95. The van der Waals surface area contributed by atoms with Crippen molar-refractivity contribution in [3.8, 4) is 0 Å². The molecule has 10 heteroatoms. The lowest BCUT2D eigenvalue weighted by Crippen LogP contribution is -2.61. The predicted octanol–water partition coefficient (Wildman–Crippen LogP) is 0.356. The molecule has 0 spiro atoms. The highest BCUT2D eigenvalue weighted by Gasteiger charge is 2.67. The number of rotatable bonds is 6. The summed E-state index contributed by atoms with van der Waals surface area (Å²) in [4.78, 5) is 25.6. The molecule has 1 heterocycles. The molecule has 1 aliphatic carbocycles. The van der Waals surface area contributed by atoms with Gasteiger partial charge in [0.1, 0.15) is 0 Å². The summed E-state index contributed by atoms with van der Waals surface area (Å²) in [6.07, 6.45) is 0.219. The van der Waals surface area contributed by atoms with Crippen LogP contribution in [0.25, 0.3) is 0 Å². The zero-order valence-corrected chi connectivity index (χ0v) is 15.9. The average molecular weight is 395 g/mol. The second-order valence-electron chi connectivity index (χ2n) is 6.66. The first-order valence-electron chi connectivity index (χ1n) is 8.87. The van der Waals surface area contributed by atoms with Crippen LogP contribution in [0.4, 0.5) is 4.79 Å². The highest BCUT2D eigenvalue weighted by atomic mass is 32.2. The highest BCUT2D eigenvalue weighted by Crippen LogP contribution is 2.56. The zero-order chi connectivity index (χ0) is 19.6.